The second-order valence-electron chi connectivity index (χ2n) is 21.8. The van der Waals surface area contributed by atoms with Gasteiger partial charge in [0, 0.05) is 90.0 Å². The molecule has 8 aromatic rings. The molecule has 2 amide bonds. The normalized spacial score (nSPS) is 14.0. The van der Waals surface area contributed by atoms with Crippen LogP contribution >= 0.6 is 22.7 Å². The molecule has 1 N–H and O–H groups in total. The number of pyridine rings is 2. The maximum atomic E-state index is 13.6. The number of aliphatic hydroxyl groups excluding tert-OH is 1. The minimum Gasteiger partial charge on any atom is -0.465 e. The van der Waals surface area contributed by atoms with Crippen molar-refractivity contribution < 1.29 is 42.5 Å². The number of rotatable bonds is 12. The second kappa shape index (κ2) is 24.3. The van der Waals surface area contributed by atoms with Gasteiger partial charge in [-0.05, 0) is 127 Å². The lowest BCUT2D eigenvalue weighted by Crippen LogP contribution is -2.50. The summed E-state index contributed by atoms with van der Waals surface area (Å²) in [6.45, 7) is 20.2. The predicted molar refractivity (Wildman–Crippen MR) is 318 cm³/mol. The summed E-state index contributed by atoms with van der Waals surface area (Å²) in [6, 6.07) is 20.1. The van der Waals surface area contributed by atoms with Crippen LogP contribution in [-0.2, 0) is 33.7 Å². The summed E-state index contributed by atoms with van der Waals surface area (Å²) in [5.41, 5.74) is 6.85. The molecule has 23 heteroatoms. The van der Waals surface area contributed by atoms with Crippen molar-refractivity contribution in [3.05, 3.63) is 118 Å². The number of hydrogen-bond acceptors (Lipinski definition) is 17. The number of thiazole rings is 2. The molecule has 434 valence electrons. The fourth-order valence-electron chi connectivity index (χ4n) is 9.74. The number of aromatic nitrogens is 6. The summed E-state index contributed by atoms with van der Waals surface area (Å²) >= 11 is 2.61. The van der Waals surface area contributed by atoms with Crippen LogP contribution in [0, 0.1) is 11.6 Å². The van der Waals surface area contributed by atoms with E-state index in [1.165, 1.54) is 54.0 Å². The van der Waals surface area contributed by atoms with E-state index in [4.69, 9.17) is 34.1 Å². The first-order chi connectivity index (χ1) is 39.1. The third kappa shape index (κ3) is 12.9. The van der Waals surface area contributed by atoms with Crippen LogP contribution in [0.15, 0.2) is 85.2 Å². The number of hydrogen-bond donors (Lipinski definition) is 1. The van der Waals surface area contributed by atoms with E-state index in [9.17, 15) is 28.3 Å². The highest BCUT2D eigenvalue weighted by atomic mass is 32.1. The van der Waals surface area contributed by atoms with Crippen molar-refractivity contribution in [1.29, 1.82) is 0 Å². The van der Waals surface area contributed by atoms with Crippen LogP contribution in [0.25, 0.3) is 33.8 Å². The Morgan fingerprint density at radius 2 is 0.988 bits per heavy atom. The Bertz CT molecular complexity index is 3570. The number of aliphatic hydroxyl groups is 1. The highest BCUT2D eigenvalue weighted by Crippen LogP contribution is 2.40. The maximum absolute atomic E-state index is 13.6. The van der Waals surface area contributed by atoms with E-state index in [0.717, 1.165) is 57.7 Å². The van der Waals surface area contributed by atoms with Crippen molar-refractivity contribution in [2.75, 3.05) is 93.2 Å². The first-order valence-electron chi connectivity index (χ1n) is 27.2. The first-order valence-corrected chi connectivity index (χ1v) is 28.9. The Labute approximate surface area is 483 Å². The number of amides is 2. The summed E-state index contributed by atoms with van der Waals surface area (Å²) in [5.74, 6) is 0.537. The lowest BCUT2D eigenvalue weighted by molar-refractivity contribution is 0.0230. The van der Waals surface area contributed by atoms with Gasteiger partial charge >= 0.3 is 18.2 Å². The lowest BCUT2D eigenvalue weighted by Gasteiger charge is -2.36. The van der Waals surface area contributed by atoms with E-state index in [1.807, 2.05) is 101 Å². The summed E-state index contributed by atoms with van der Waals surface area (Å²) in [7, 11) is 5.17. The molecule has 0 radical (unpaired) electrons. The highest BCUT2D eigenvalue weighted by molar-refractivity contribution is 7.18. The fourth-order valence-corrected chi connectivity index (χ4v) is 11.6. The molecule has 0 spiro atoms. The topological polar surface area (TPSA) is 179 Å². The lowest BCUT2D eigenvalue weighted by atomic mass is 10.1. The molecule has 2 aliphatic heterocycles. The molecule has 2 fully saturated rings. The summed E-state index contributed by atoms with van der Waals surface area (Å²) < 4.78 is 47.3. The second-order valence-corrected chi connectivity index (χ2v) is 23.9. The van der Waals surface area contributed by atoms with Gasteiger partial charge in [0.1, 0.15) is 50.6 Å². The molecule has 82 heavy (non-hydrogen) atoms. The van der Waals surface area contributed by atoms with Gasteiger partial charge in [0.2, 0.25) is 0 Å². The monoisotopic (exact) mass is 1160 g/mol. The van der Waals surface area contributed by atoms with E-state index in [1.54, 1.807) is 34.1 Å². The number of imidazole rings is 2. The van der Waals surface area contributed by atoms with Crippen LogP contribution in [-0.4, -0.2) is 147 Å². The van der Waals surface area contributed by atoms with Crippen molar-refractivity contribution >= 4 is 85.4 Å². The van der Waals surface area contributed by atoms with Gasteiger partial charge in [-0.1, -0.05) is 36.5 Å². The van der Waals surface area contributed by atoms with Crippen LogP contribution in [0.1, 0.15) is 81.3 Å². The standard InChI is InChI=1S/C30H35FN6O4S.C29H35FN6O3S/c1-7-22-26(34(5)28-33-24(25(42-28)27(38)40-6)19-8-10-20(31)11-9-19)37-18-21(12-13-23(37)32-22)35-14-16-36(17-15-35)29(39)41-30(2,3)4;1-6-22-26(33(5)27-32-25(23(18-37)40-27)19-7-9-20(30)10-8-19)36-17-21(11-12-24(36)31-22)34-13-15-35(16-14-34)28(38)39-29(2,3)4/h8-13,18H,7,14-17H2,1-6H3;7-12,17,37H,6,13-16,18H2,1-5H3. The van der Waals surface area contributed by atoms with E-state index in [-0.39, 0.29) is 30.4 Å². The van der Waals surface area contributed by atoms with Crippen molar-refractivity contribution in [3.8, 4) is 22.5 Å². The number of piperazine rings is 2. The smallest absolute Gasteiger partial charge is 0.410 e. The molecule has 2 aliphatic rings. The van der Waals surface area contributed by atoms with Crippen molar-refractivity contribution in [2.24, 2.45) is 0 Å². The Balaban J connectivity index is 0.000000198. The molecule has 19 nitrogen and oxygen atoms in total. The molecule has 6 aromatic heterocycles. The summed E-state index contributed by atoms with van der Waals surface area (Å²) in [6.07, 6.45) is 4.97. The van der Waals surface area contributed by atoms with Gasteiger partial charge in [-0.2, -0.15) is 0 Å². The number of ether oxygens (including phenoxy) is 3. The zero-order valence-corrected chi connectivity index (χ0v) is 49.8. The molecule has 0 saturated carbocycles. The van der Waals surface area contributed by atoms with Crippen molar-refractivity contribution in [2.45, 2.75) is 86.0 Å². The molecule has 0 unspecified atom stereocenters. The van der Waals surface area contributed by atoms with E-state index in [2.05, 4.69) is 33.4 Å². The molecule has 10 rings (SSSR count). The summed E-state index contributed by atoms with van der Waals surface area (Å²) in [4.78, 5) is 70.1. The molecule has 2 aromatic carbocycles. The quantitative estimate of drug-likeness (QED) is 0.0901. The SMILES string of the molecule is CCc1nc2ccc(N3CCN(C(=O)OC(C)(C)C)CC3)cn2c1N(C)c1nc(-c2ccc(F)cc2)c(C(=O)OC)s1.CCc1nc2ccc(N3CCN(C(=O)OC(C)(C)C)CC3)cn2c1N(C)c1nc(-c2ccc(F)cc2)c(CO)s1. The number of fused-ring (bicyclic) bond motifs is 2. The number of methoxy groups -OCH3 is 1. The molecule has 0 atom stereocenters. The van der Waals surface area contributed by atoms with Crippen LogP contribution in [0.3, 0.4) is 0 Å². The van der Waals surface area contributed by atoms with E-state index in [0.29, 0.717) is 95.7 Å². The van der Waals surface area contributed by atoms with E-state index >= 15 is 0 Å². The molecule has 0 aliphatic carbocycles. The Morgan fingerprint density at radius 3 is 1.38 bits per heavy atom. The first kappa shape index (κ1) is 58.8. The van der Waals surface area contributed by atoms with E-state index < -0.39 is 17.2 Å². The third-order valence-electron chi connectivity index (χ3n) is 13.8. The number of aryl methyl sites for hydroxylation is 2. The number of nitrogens with zero attached hydrogens (tertiary/aromatic N) is 12. The van der Waals surface area contributed by atoms with Gasteiger partial charge in [0.05, 0.1) is 52.7 Å². The number of carbonyl (C=O) groups excluding carboxylic acids is 3. The number of benzene rings is 2. The minimum absolute atomic E-state index is 0.161. The van der Waals surface area contributed by atoms with Gasteiger partial charge in [-0.25, -0.2) is 43.1 Å². The van der Waals surface area contributed by atoms with Gasteiger partial charge in [0.25, 0.3) is 0 Å². The Kier molecular flexibility index (Phi) is 17.4. The molecule has 8 heterocycles. The fraction of sp³-hybridized carbons (Fsp3) is 0.407. The molecule has 2 saturated heterocycles. The van der Waals surface area contributed by atoms with Crippen molar-refractivity contribution in [3.63, 3.8) is 0 Å². The van der Waals surface area contributed by atoms with Gasteiger partial charge < -0.3 is 48.7 Å². The molecule has 0 bridgehead atoms. The van der Waals surface area contributed by atoms with Gasteiger partial charge in [-0.15, -0.1) is 0 Å². The number of halogens is 2. The zero-order chi connectivity index (χ0) is 58.8. The maximum Gasteiger partial charge on any atom is 0.410 e. The third-order valence-corrected chi connectivity index (χ3v) is 16.0. The van der Waals surface area contributed by atoms with Crippen molar-refractivity contribution in [1.82, 2.24) is 38.5 Å². The Morgan fingerprint density at radius 1 is 0.585 bits per heavy atom. The molecular formula is C59H70F2N12O7S2. The number of anilines is 6. The van der Waals surface area contributed by atoms with Gasteiger partial charge in [-0.3, -0.25) is 8.80 Å². The largest absolute Gasteiger partial charge is 0.465 e. The average Bonchev–Trinajstić information content (AvgIpc) is 3.88. The van der Waals surface area contributed by atoms with Crippen LogP contribution in [0.2, 0.25) is 0 Å². The predicted octanol–water partition coefficient (Wildman–Crippen LogP) is 11.2. The van der Waals surface area contributed by atoms with Crippen LogP contribution < -0.4 is 19.6 Å². The minimum atomic E-state index is -0.533. The number of esters is 1. The number of carbonyl (C=O) groups is 3. The summed E-state index contributed by atoms with van der Waals surface area (Å²) in [5, 5.41) is 11.3. The van der Waals surface area contributed by atoms with Gasteiger partial charge in [0.15, 0.2) is 10.3 Å². The average molecular weight is 1160 g/mol. The zero-order valence-electron chi connectivity index (χ0n) is 48.2. The van der Waals surface area contributed by atoms with Crippen LogP contribution in [0.5, 0.6) is 0 Å². The Hall–Kier alpha value is -7.89. The van der Waals surface area contributed by atoms with Crippen LogP contribution in [0.4, 0.5) is 51.6 Å². The highest BCUT2D eigenvalue weighted by Gasteiger charge is 2.31. The molecular weight excluding hydrogens is 1090 g/mol.